The molecular formula is C11H16N2O3. The van der Waals surface area contributed by atoms with Crippen LogP contribution in [0.5, 0.6) is 0 Å². The second-order valence-corrected chi connectivity index (χ2v) is 3.93. The third-order valence-corrected chi connectivity index (χ3v) is 2.46. The van der Waals surface area contributed by atoms with Crippen molar-refractivity contribution < 1.29 is 14.7 Å². The van der Waals surface area contributed by atoms with Gasteiger partial charge in [0.2, 0.25) is 0 Å². The number of amides is 2. The number of terminal acetylenes is 1. The molecule has 1 rings (SSSR count). The number of nitrogens with one attached hydrogen (secondary N) is 2. The Balaban J connectivity index is 2.18. The van der Waals surface area contributed by atoms with Crippen LogP contribution in [0.15, 0.2) is 0 Å². The molecule has 0 radical (unpaired) electrons. The molecule has 0 aromatic carbocycles. The average molecular weight is 224 g/mol. The first-order chi connectivity index (χ1) is 7.63. The summed E-state index contributed by atoms with van der Waals surface area (Å²) < 4.78 is 0. The van der Waals surface area contributed by atoms with Gasteiger partial charge in [0, 0.05) is 13.0 Å². The SMILES string of the molecule is C#CCC(NC(=O)NCCC1CC1)C(=O)O. The van der Waals surface area contributed by atoms with Gasteiger partial charge < -0.3 is 15.7 Å². The maximum atomic E-state index is 11.3. The second kappa shape index (κ2) is 6.01. The van der Waals surface area contributed by atoms with Crippen LogP contribution in [-0.4, -0.2) is 29.7 Å². The number of aliphatic carboxylic acids is 1. The summed E-state index contributed by atoms with van der Waals surface area (Å²) in [5.74, 6) is 1.84. The van der Waals surface area contributed by atoms with Crippen LogP contribution in [0.4, 0.5) is 4.79 Å². The normalized spacial score (nSPS) is 15.9. The predicted molar refractivity (Wildman–Crippen MR) is 58.7 cm³/mol. The highest BCUT2D eigenvalue weighted by Gasteiger charge is 2.21. The summed E-state index contributed by atoms with van der Waals surface area (Å²) in [6.45, 7) is 0.582. The molecule has 1 fully saturated rings. The Morgan fingerprint density at radius 3 is 2.69 bits per heavy atom. The molecule has 0 heterocycles. The molecule has 88 valence electrons. The van der Waals surface area contributed by atoms with Crippen molar-refractivity contribution >= 4 is 12.0 Å². The van der Waals surface area contributed by atoms with E-state index in [1.165, 1.54) is 12.8 Å². The van der Waals surface area contributed by atoms with E-state index in [0.29, 0.717) is 6.54 Å². The average Bonchev–Trinajstić information content (AvgIpc) is 3.01. The number of hydrogen-bond donors (Lipinski definition) is 3. The maximum absolute atomic E-state index is 11.3. The Kier molecular flexibility index (Phi) is 4.65. The topological polar surface area (TPSA) is 78.4 Å². The van der Waals surface area contributed by atoms with Gasteiger partial charge in [-0.25, -0.2) is 9.59 Å². The molecule has 3 N–H and O–H groups in total. The van der Waals surface area contributed by atoms with E-state index in [1.54, 1.807) is 0 Å². The third kappa shape index (κ3) is 4.69. The van der Waals surface area contributed by atoms with Crippen molar-refractivity contribution in [1.82, 2.24) is 10.6 Å². The van der Waals surface area contributed by atoms with Crippen LogP contribution in [0.2, 0.25) is 0 Å². The number of carboxylic acid groups (broad SMARTS) is 1. The Bertz CT molecular complexity index is 305. The van der Waals surface area contributed by atoms with Crippen LogP contribution in [0.3, 0.4) is 0 Å². The lowest BCUT2D eigenvalue weighted by molar-refractivity contribution is -0.139. The summed E-state index contributed by atoms with van der Waals surface area (Å²) in [6, 6.07) is -1.48. The molecule has 5 heteroatoms. The van der Waals surface area contributed by atoms with Crippen molar-refractivity contribution in [3.05, 3.63) is 0 Å². The minimum absolute atomic E-state index is 0.00855. The largest absolute Gasteiger partial charge is 0.480 e. The third-order valence-electron chi connectivity index (χ3n) is 2.46. The zero-order valence-corrected chi connectivity index (χ0v) is 9.03. The summed E-state index contributed by atoms with van der Waals surface area (Å²) in [5.41, 5.74) is 0. The van der Waals surface area contributed by atoms with E-state index in [4.69, 9.17) is 11.5 Å². The van der Waals surface area contributed by atoms with Gasteiger partial charge in [0.25, 0.3) is 0 Å². The molecule has 0 saturated heterocycles. The van der Waals surface area contributed by atoms with Crippen molar-refractivity contribution in [2.75, 3.05) is 6.54 Å². The van der Waals surface area contributed by atoms with E-state index in [-0.39, 0.29) is 6.42 Å². The lowest BCUT2D eigenvalue weighted by Gasteiger charge is -2.12. The van der Waals surface area contributed by atoms with Crippen molar-refractivity contribution in [3.63, 3.8) is 0 Å². The molecule has 0 aliphatic heterocycles. The van der Waals surface area contributed by atoms with Gasteiger partial charge in [0.1, 0.15) is 6.04 Å². The lowest BCUT2D eigenvalue weighted by atomic mass is 10.2. The van der Waals surface area contributed by atoms with Gasteiger partial charge in [-0.3, -0.25) is 0 Å². The molecule has 2 amide bonds. The van der Waals surface area contributed by atoms with Gasteiger partial charge in [-0.2, -0.15) is 0 Å². The number of rotatable bonds is 6. The summed E-state index contributed by atoms with van der Waals surface area (Å²) in [7, 11) is 0. The van der Waals surface area contributed by atoms with E-state index in [0.717, 1.165) is 12.3 Å². The summed E-state index contributed by atoms with van der Waals surface area (Å²) in [6.07, 6.45) is 8.42. The molecule has 5 nitrogen and oxygen atoms in total. The number of carbonyl (C=O) groups is 2. The van der Waals surface area contributed by atoms with Crippen LogP contribution in [0.25, 0.3) is 0 Å². The van der Waals surface area contributed by atoms with E-state index in [1.807, 2.05) is 0 Å². The number of urea groups is 1. The molecule has 1 atom stereocenters. The Hall–Kier alpha value is -1.70. The van der Waals surface area contributed by atoms with Crippen LogP contribution in [-0.2, 0) is 4.79 Å². The van der Waals surface area contributed by atoms with Gasteiger partial charge in [0.05, 0.1) is 0 Å². The molecule has 0 aromatic rings. The van der Waals surface area contributed by atoms with Gasteiger partial charge in [-0.1, -0.05) is 12.8 Å². The van der Waals surface area contributed by atoms with Crippen molar-refractivity contribution in [2.45, 2.75) is 31.7 Å². The van der Waals surface area contributed by atoms with Gasteiger partial charge in [0.15, 0.2) is 0 Å². The van der Waals surface area contributed by atoms with Crippen LogP contribution >= 0.6 is 0 Å². The Morgan fingerprint density at radius 1 is 1.50 bits per heavy atom. The fraction of sp³-hybridized carbons (Fsp3) is 0.636. The van der Waals surface area contributed by atoms with Gasteiger partial charge in [-0.05, 0) is 12.3 Å². The second-order valence-electron chi connectivity index (χ2n) is 3.93. The van der Waals surface area contributed by atoms with Gasteiger partial charge in [-0.15, -0.1) is 12.3 Å². The van der Waals surface area contributed by atoms with Crippen molar-refractivity contribution in [1.29, 1.82) is 0 Å². The van der Waals surface area contributed by atoms with E-state index in [9.17, 15) is 9.59 Å². The van der Waals surface area contributed by atoms with Crippen molar-refractivity contribution in [3.8, 4) is 12.3 Å². The minimum atomic E-state index is -1.12. The first-order valence-electron chi connectivity index (χ1n) is 5.34. The molecule has 0 spiro atoms. The highest BCUT2D eigenvalue weighted by molar-refractivity contribution is 5.82. The maximum Gasteiger partial charge on any atom is 0.327 e. The smallest absolute Gasteiger partial charge is 0.327 e. The Morgan fingerprint density at radius 2 is 2.19 bits per heavy atom. The monoisotopic (exact) mass is 224 g/mol. The molecular weight excluding hydrogens is 208 g/mol. The zero-order chi connectivity index (χ0) is 12.0. The van der Waals surface area contributed by atoms with Gasteiger partial charge >= 0.3 is 12.0 Å². The summed E-state index contributed by atoms with van der Waals surface area (Å²) >= 11 is 0. The van der Waals surface area contributed by atoms with E-state index >= 15 is 0 Å². The predicted octanol–water partition coefficient (Wildman–Crippen LogP) is 0.562. The highest BCUT2D eigenvalue weighted by atomic mass is 16.4. The molecule has 1 unspecified atom stereocenters. The Labute approximate surface area is 94.6 Å². The van der Waals surface area contributed by atoms with E-state index in [2.05, 4.69) is 16.6 Å². The molecule has 1 saturated carbocycles. The number of hydrogen-bond acceptors (Lipinski definition) is 2. The highest BCUT2D eigenvalue weighted by Crippen LogP contribution is 2.31. The number of carbonyl (C=O) groups excluding carboxylic acids is 1. The molecule has 1 aliphatic carbocycles. The number of carboxylic acids is 1. The summed E-state index contributed by atoms with van der Waals surface area (Å²) in [4.78, 5) is 22.0. The quantitative estimate of drug-likeness (QED) is 0.577. The fourth-order valence-corrected chi connectivity index (χ4v) is 1.32. The zero-order valence-electron chi connectivity index (χ0n) is 9.03. The molecule has 16 heavy (non-hydrogen) atoms. The minimum Gasteiger partial charge on any atom is -0.480 e. The lowest BCUT2D eigenvalue weighted by Crippen LogP contribution is -2.46. The van der Waals surface area contributed by atoms with Crippen molar-refractivity contribution in [2.24, 2.45) is 5.92 Å². The first kappa shape index (κ1) is 12.4. The van der Waals surface area contributed by atoms with E-state index < -0.39 is 18.0 Å². The van der Waals surface area contributed by atoms with Crippen LogP contribution in [0, 0.1) is 18.3 Å². The van der Waals surface area contributed by atoms with Crippen LogP contribution in [0.1, 0.15) is 25.7 Å². The fourth-order valence-electron chi connectivity index (χ4n) is 1.32. The van der Waals surface area contributed by atoms with Crippen LogP contribution < -0.4 is 10.6 Å². The molecule has 0 bridgehead atoms. The standard InChI is InChI=1S/C11H16N2O3/c1-2-3-9(10(14)15)13-11(16)12-7-6-8-4-5-8/h1,8-9H,3-7H2,(H,14,15)(H2,12,13,16). The molecule has 0 aromatic heterocycles. The molecule has 1 aliphatic rings. The summed E-state index contributed by atoms with van der Waals surface area (Å²) in [5, 5.41) is 13.7. The first-order valence-corrected chi connectivity index (χ1v) is 5.34.